The van der Waals surface area contributed by atoms with Crippen molar-refractivity contribution in [3.8, 4) is 17.6 Å². The van der Waals surface area contributed by atoms with Gasteiger partial charge >= 0.3 is 6.09 Å². The van der Waals surface area contributed by atoms with E-state index in [0.717, 1.165) is 24.2 Å². The Morgan fingerprint density at radius 2 is 1.90 bits per heavy atom. The Bertz CT molecular complexity index is 951. The first-order valence-electron chi connectivity index (χ1n) is 10.6. The number of methoxy groups -OCH3 is 1. The summed E-state index contributed by atoms with van der Waals surface area (Å²) in [6.07, 6.45) is 1.55. The molecule has 0 bridgehead atoms. The van der Waals surface area contributed by atoms with Crippen molar-refractivity contribution in [2.24, 2.45) is 0 Å². The Balaban J connectivity index is 1.59. The largest absolute Gasteiger partial charge is 0.496 e. The second-order valence-electron chi connectivity index (χ2n) is 8.74. The maximum Gasteiger partial charge on any atom is 0.410 e. The van der Waals surface area contributed by atoms with Crippen LogP contribution >= 0.6 is 0 Å². The molecule has 0 unspecified atom stereocenters. The van der Waals surface area contributed by atoms with Gasteiger partial charge in [-0.25, -0.2) is 4.79 Å². The van der Waals surface area contributed by atoms with Gasteiger partial charge in [0, 0.05) is 18.7 Å². The lowest BCUT2D eigenvalue weighted by molar-refractivity contribution is 0.0204. The second-order valence-corrected chi connectivity index (χ2v) is 8.74. The zero-order chi connectivity index (χ0) is 22.4. The molecule has 0 saturated carbocycles. The number of rotatable bonds is 5. The molecule has 1 aliphatic heterocycles. The minimum atomic E-state index is -0.475. The van der Waals surface area contributed by atoms with Crippen molar-refractivity contribution >= 4 is 6.09 Å². The van der Waals surface area contributed by atoms with E-state index in [0.29, 0.717) is 36.9 Å². The quantitative estimate of drug-likeness (QED) is 0.657. The summed E-state index contributed by atoms with van der Waals surface area (Å²) in [5, 5.41) is 9.04. The van der Waals surface area contributed by atoms with E-state index >= 15 is 0 Å². The summed E-state index contributed by atoms with van der Waals surface area (Å²) in [5.74, 6) is 1.81. The molecule has 3 rings (SSSR count). The molecule has 0 aliphatic carbocycles. The van der Waals surface area contributed by atoms with Crippen molar-refractivity contribution in [3.63, 3.8) is 0 Å². The molecule has 0 atom stereocenters. The highest BCUT2D eigenvalue weighted by Gasteiger charge is 2.27. The average molecular weight is 423 g/mol. The predicted octanol–water partition coefficient (Wildman–Crippen LogP) is 5.26. The molecule has 0 N–H and O–H groups in total. The summed E-state index contributed by atoms with van der Waals surface area (Å²) >= 11 is 0. The molecule has 0 aromatic heterocycles. The summed E-state index contributed by atoms with van der Waals surface area (Å²) in [7, 11) is 1.59. The smallest absolute Gasteiger partial charge is 0.410 e. The number of piperidine rings is 1. The third-order valence-electron chi connectivity index (χ3n) is 5.29. The van der Waals surface area contributed by atoms with E-state index in [4.69, 9.17) is 19.5 Å². The zero-order valence-electron chi connectivity index (χ0n) is 18.7. The normalized spacial score (nSPS) is 14.6. The van der Waals surface area contributed by atoms with Crippen LogP contribution in [0.1, 0.15) is 56.2 Å². The number of hydrogen-bond donors (Lipinski definition) is 0. The molecule has 31 heavy (non-hydrogen) atoms. The van der Waals surface area contributed by atoms with E-state index in [2.05, 4.69) is 18.2 Å². The Kier molecular flexibility index (Phi) is 7.06. The van der Waals surface area contributed by atoms with Gasteiger partial charge in [-0.1, -0.05) is 18.2 Å². The Hall–Kier alpha value is -3.20. The first-order valence-corrected chi connectivity index (χ1v) is 10.6. The molecule has 1 heterocycles. The fourth-order valence-corrected chi connectivity index (χ4v) is 3.67. The molecule has 0 spiro atoms. The molecule has 164 valence electrons. The van der Waals surface area contributed by atoms with Crippen LogP contribution in [0.2, 0.25) is 0 Å². The van der Waals surface area contributed by atoms with Crippen molar-refractivity contribution in [1.29, 1.82) is 5.26 Å². The predicted molar refractivity (Wildman–Crippen MR) is 118 cm³/mol. The molecule has 1 saturated heterocycles. The average Bonchev–Trinajstić information content (AvgIpc) is 2.76. The lowest BCUT2D eigenvalue weighted by Gasteiger charge is -2.33. The van der Waals surface area contributed by atoms with Gasteiger partial charge in [-0.05, 0) is 69.4 Å². The first-order chi connectivity index (χ1) is 14.8. The molecule has 6 nitrogen and oxygen atoms in total. The van der Waals surface area contributed by atoms with Gasteiger partial charge in [0.1, 0.15) is 23.7 Å². The van der Waals surface area contributed by atoms with E-state index in [1.54, 1.807) is 24.1 Å². The fourth-order valence-electron chi connectivity index (χ4n) is 3.67. The van der Waals surface area contributed by atoms with E-state index in [-0.39, 0.29) is 6.09 Å². The summed E-state index contributed by atoms with van der Waals surface area (Å²) in [4.78, 5) is 14.1. The number of ether oxygens (including phenoxy) is 3. The maximum absolute atomic E-state index is 12.3. The minimum absolute atomic E-state index is 0.237. The lowest BCUT2D eigenvalue weighted by atomic mass is 9.89. The van der Waals surface area contributed by atoms with Crippen molar-refractivity contribution in [3.05, 3.63) is 59.2 Å². The van der Waals surface area contributed by atoms with Crippen molar-refractivity contribution in [1.82, 2.24) is 4.90 Å². The first kappa shape index (κ1) is 22.5. The maximum atomic E-state index is 12.3. The third-order valence-corrected chi connectivity index (χ3v) is 5.29. The molecule has 1 fully saturated rings. The van der Waals surface area contributed by atoms with Gasteiger partial charge < -0.3 is 19.1 Å². The number of benzene rings is 2. The van der Waals surface area contributed by atoms with Gasteiger partial charge in [0.2, 0.25) is 0 Å². The van der Waals surface area contributed by atoms with Crippen molar-refractivity contribution in [2.45, 2.75) is 51.7 Å². The van der Waals surface area contributed by atoms with Crippen LogP contribution in [0.4, 0.5) is 4.79 Å². The zero-order valence-corrected chi connectivity index (χ0v) is 18.7. The van der Waals surface area contributed by atoms with Gasteiger partial charge in [0.05, 0.1) is 18.7 Å². The number of amides is 1. The van der Waals surface area contributed by atoms with E-state index in [9.17, 15) is 4.79 Å². The van der Waals surface area contributed by atoms with Crippen LogP contribution in [0, 0.1) is 11.3 Å². The van der Waals surface area contributed by atoms with Crippen LogP contribution in [0.3, 0.4) is 0 Å². The van der Waals surface area contributed by atoms with E-state index in [1.165, 1.54) is 5.56 Å². The molecular formula is C25H30N2O4. The number of nitriles is 1. The summed E-state index contributed by atoms with van der Waals surface area (Å²) in [5.41, 5.74) is 2.18. The van der Waals surface area contributed by atoms with E-state index in [1.807, 2.05) is 39.0 Å². The summed E-state index contributed by atoms with van der Waals surface area (Å²) in [6.45, 7) is 7.39. The molecule has 0 radical (unpaired) electrons. The molecule has 1 aliphatic rings. The summed E-state index contributed by atoms with van der Waals surface area (Å²) in [6, 6.07) is 15.6. The fraction of sp³-hybridized carbons (Fsp3) is 0.440. The van der Waals surface area contributed by atoms with Crippen LogP contribution in [-0.4, -0.2) is 36.8 Å². The number of carbonyl (C=O) groups excluding carboxylic acids is 1. The van der Waals surface area contributed by atoms with Crippen LogP contribution in [-0.2, 0) is 11.3 Å². The van der Waals surface area contributed by atoms with Gasteiger partial charge in [0.15, 0.2) is 0 Å². The number of hydrogen-bond acceptors (Lipinski definition) is 5. The van der Waals surface area contributed by atoms with Crippen LogP contribution in [0.15, 0.2) is 42.5 Å². The number of carbonyl (C=O) groups is 1. The Morgan fingerprint density at radius 3 is 2.55 bits per heavy atom. The molecular weight excluding hydrogens is 392 g/mol. The van der Waals surface area contributed by atoms with Gasteiger partial charge in [-0.3, -0.25) is 0 Å². The monoisotopic (exact) mass is 422 g/mol. The van der Waals surface area contributed by atoms with Crippen LogP contribution in [0.5, 0.6) is 11.5 Å². The number of likely N-dealkylation sites (tertiary alicyclic amines) is 1. The molecule has 2 aromatic carbocycles. The Morgan fingerprint density at radius 1 is 1.16 bits per heavy atom. The van der Waals surface area contributed by atoms with Gasteiger partial charge in [-0.2, -0.15) is 5.26 Å². The van der Waals surface area contributed by atoms with Crippen LogP contribution in [0.25, 0.3) is 0 Å². The summed E-state index contributed by atoms with van der Waals surface area (Å²) < 4.78 is 16.9. The highest BCUT2D eigenvalue weighted by molar-refractivity contribution is 5.68. The van der Waals surface area contributed by atoms with Crippen LogP contribution < -0.4 is 9.47 Å². The van der Waals surface area contributed by atoms with Gasteiger partial charge in [-0.15, -0.1) is 0 Å². The minimum Gasteiger partial charge on any atom is -0.496 e. The highest BCUT2D eigenvalue weighted by atomic mass is 16.6. The second kappa shape index (κ2) is 9.74. The molecule has 6 heteroatoms. The SMILES string of the molecule is COc1cc(C#N)ccc1COc1cccc(C2CCN(C(=O)OC(C)(C)C)CC2)c1. The lowest BCUT2D eigenvalue weighted by Crippen LogP contribution is -2.41. The molecule has 2 aromatic rings. The van der Waals surface area contributed by atoms with Crippen molar-refractivity contribution < 1.29 is 19.0 Å². The number of nitrogens with zero attached hydrogens (tertiary/aromatic N) is 2. The van der Waals surface area contributed by atoms with Crippen molar-refractivity contribution in [2.75, 3.05) is 20.2 Å². The third kappa shape index (κ3) is 6.14. The van der Waals surface area contributed by atoms with Gasteiger partial charge in [0.25, 0.3) is 0 Å². The van der Waals surface area contributed by atoms with E-state index < -0.39 is 5.60 Å². The topological polar surface area (TPSA) is 71.8 Å². The Labute approximate surface area is 184 Å². The highest BCUT2D eigenvalue weighted by Crippen LogP contribution is 2.31. The molecule has 1 amide bonds. The standard InChI is InChI=1S/C25H30N2O4/c1-25(2,3)31-24(28)27-12-10-19(11-13-27)20-6-5-7-22(15-20)30-17-21-9-8-18(16-26)14-23(21)29-4/h5-9,14-15,19H,10-13,17H2,1-4H3.